The van der Waals surface area contributed by atoms with Crippen LogP contribution in [-0.4, -0.2) is 113 Å². The van der Waals surface area contributed by atoms with Crippen molar-refractivity contribution in [2.75, 3.05) is 65.5 Å². The van der Waals surface area contributed by atoms with Gasteiger partial charge in [0.25, 0.3) is 0 Å². The molecule has 0 radical (unpaired) electrons. The molecule has 2 aliphatic rings. The van der Waals surface area contributed by atoms with Gasteiger partial charge in [-0.2, -0.15) is 4.98 Å². The van der Waals surface area contributed by atoms with E-state index in [9.17, 15) is 14.4 Å². The van der Waals surface area contributed by atoms with Crippen LogP contribution in [0.5, 0.6) is 23.0 Å². The maximum atomic E-state index is 13.2. The molecular formula is C67H76Cl9N12O9+. The molecule has 0 aliphatic carbocycles. The molecule has 30 heteroatoms. The fourth-order valence-corrected chi connectivity index (χ4v) is 12.4. The number of ether oxygens (including phenoxy) is 6. The molecule has 3 N–H and O–H groups in total. The maximum Gasteiger partial charge on any atom is 0.330 e. The molecule has 520 valence electrons. The van der Waals surface area contributed by atoms with Crippen molar-refractivity contribution in [1.29, 1.82) is 0 Å². The first-order valence-electron chi connectivity index (χ1n) is 30.0. The van der Waals surface area contributed by atoms with Crippen LogP contribution in [0.3, 0.4) is 0 Å². The predicted octanol–water partition coefficient (Wildman–Crippen LogP) is 16.1. The highest BCUT2D eigenvalue weighted by Crippen LogP contribution is 2.48. The van der Waals surface area contributed by atoms with Gasteiger partial charge in [-0.25, -0.2) is 44.2 Å². The second-order valence-electron chi connectivity index (χ2n) is 22.1. The van der Waals surface area contributed by atoms with Crippen molar-refractivity contribution in [3.63, 3.8) is 0 Å². The molecule has 0 bridgehead atoms. The minimum atomic E-state index is -0.780. The highest BCUT2D eigenvalue weighted by molar-refractivity contribution is 6.37. The van der Waals surface area contributed by atoms with E-state index in [1.807, 2.05) is 132 Å². The largest absolute Gasteiger partial charge is 0.497 e. The summed E-state index contributed by atoms with van der Waals surface area (Å²) in [4.78, 5) is 70.5. The number of anilines is 2. The zero-order chi connectivity index (χ0) is 72.0. The second-order valence-corrected chi connectivity index (χ2v) is 25.2. The van der Waals surface area contributed by atoms with Crippen LogP contribution in [0.25, 0.3) is 0 Å². The second kappa shape index (κ2) is 37.9. The number of carbonyl (C=O) groups is 3. The summed E-state index contributed by atoms with van der Waals surface area (Å²) in [6.45, 7) is 19.1. The normalized spacial score (nSPS) is 14.1. The van der Waals surface area contributed by atoms with Crippen molar-refractivity contribution < 1.29 is 42.8 Å². The van der Waals surface area contributed by atoms with Crippen LogP contribution in [-0.2, 0) is 73.7 Å². The molecule has 97 heavy (non-hydrogen) atoms. The lowest BCUT2D eigenvalue weighted by molar-refractivity contribution is -0.143. The van der Waals surface area contributed by atoms with Gasteiger partial charge in [-0.3, -0.25) is 9.59 Å². The Balaban J connectivity index is 0.000000223. The molecule has 10 rings (SSSR count). The summed E-state index contributed by atoms with van der Waals surface area (Å²) >= 11 is 53.5. The van der Waals surface area contributed by atoms with Gasteiger partial charge in [0.05, 0.1) is 67.1 Å². The Hall–Kier alpha value is -6.86. The quantitative estimate of drug-likeness (QED) is 0.0350. The summed E-state index contributed by atoms with van der Waals surface area (Å²) in [6, 6.07) is 30.9. The van der Waals surface area contributed by atoms with Crippen molar-refractivity contribution in [3.8, 4) is 23.0 Å². The van der Waals surface area contributed by atoms with Crippen LogP contribution in [0, 0.1) is 0 Å². The average Bonchev–Trinajstić information content (AvgIpc) is 1.57. The van der Waals surface area contributed by atoms with E-state index in [1.165, 1.54) is 5.56 Å². The number of rotatable bonds is 18. The molecule has 8 aromatic rings. The van der Waals surface area contributed by atoms with Gasteiger partial charge < -0.3 is 44.4 Å². The van der Waals surface area contributed by atoms with Crippen LogP contribution in [0.1, 0.15) is 99.9 Å². The van der Waals surface area contributed by atoms with Gasteiger partial charge in [-0.15, -0.1) is 0 Å². The first kappa shape index (κ1) is 80.8. The molecule has 6 heterocycles. The molecule has 1 atom stereocenters. The van der Waals surface area contributed by atoms with Gasteiger partial charge in [0.1, 0.15) is 72.4 Å². The summed E-state index contributed by atoms with van der Waals surface area (Å²) in [5.41, 5.74) is 11.2. The number of hydrogen-bond donors (Lipinski definition) is 2. The molecule has 0 fully saturated rings. The van der Waals surface area contributed by atoms with Gasteiger partial charge >= 0.3 is 17.8 Å². The number of esters is 2. The first-order valence-corrected chi connectivity index (χ1v) is 33.4. The Morgan fingerprint density at radius 3 is 1.36 bits per heavy atom. The van der Waals surface area contributed by atoms with Crippen molar-refractivity contribution >= 4 is 140 Å². The third-order valence-corrected chi connectivity index (χ3v) is 16.7. The topological polar surface area (TPSA) is 251 Å². The lowest BCUT2D eigenvalue weighted by Crippen LogP contribution is -2.51. The third kappa shape index (κ3) is 22.3. The monoisotopic (exact) mass is 1510 g/mol. The smallest absolute Gasteiger partial charge is 0.330 e. The number of aromatic nitrogens is 8. The Morgan fingerprint density at radius 2 is 0.907 bits per heavy atom. The number of halogens is 9. The zero-order valence-electron chi connectivity index (χ0n) is 55.7. The van der Waals surface area contributed by atoms with E-state index in [-0.39, 0.29) is 70.4 Å². The molecule has 2 aliphatic heterocycles. The first-order chi connectivity index (χ1) is 46.0. The fraction of sp³-hybridized carbons (Fsp3) is 0.358. The number of hydrogen-bond acceptors (Lipinski definition) is 20. The zero-order valence-corrected chi connectivity index (χ0v) is 62.5. The van der Waals surface area contributed by atoms with E-state index in [1.54, 1.807) is 42.3 Å². The summed E-state index contributed by atoms with van der Waals surface area (Å²) in [5.74, 6) is 4.21. The highest BCUT2D eigenvalue weighted by Gasteiger charge is 2.58. The Bertz CT molecular complexity index is 3890. The number of likely N-dealkylation sites (N-methyl/N-ethyl adjacent to an activating group) is 1. The highest BCUT2D eigenvalue weighted by atomic mass is 35.5. The molecule has 1 amide bonds. The van der Waals surface area contributed by atoms with Crippen molar-refractivity contribution in [3.05, 3.63) is 188 Å². The van der Waals surface area contributed by atoms with E-state index in [0.29, 0.717) is 66.3 Å². The average molecular weight is 1510 g/mol. The summed E-state index contributed by atoms with van der Waals surface area (Å²) < 4.78 is 30.1. The van der Waals surface area contributed by atoms with E-state index < -0.39 is 17.4 Å². The molecule has 0 saturated carbocycles. The predicted molar refractivity (Wildman–Crippen MR) is 386 cm³/mol. The van der Waals surface area contributed by atoms with E-state index in [2.05, 4.69) is 63.9 Å². The maximum absolute atomic E-state index is 13.2. The van der Waals surface area contributed by atoms with Crippen molar-refractivity contribution in [2.24, 2.45) is 5.73 Å². The van der Waals surface area contributed by atoms with Crippen LogP contribution in [0.15, 0.2) is 97.1 Å². The van der Waals surface area contributed by atoms with E-state index in [4.69, 9.17) is 139 Å². The molecule has 0 saturated heterocycles. The minimum absolute atomic E-state index is 0.00335. The number of quaternary nitrogens is 1. The van der Waals surface area contributed by atoms with E-state index >= 15 is 0 Å². The standard InChI is InChI=1S/C17H18Cl2N3O2.C16H17Cl2N3O3.C16H17Cl2N3O.C8H7Cl3N2O2.C8H11NO.C2H6/c1-17(2)12-13(18)20-16(19)21-14(12)22(3,15(17)23)9-10-5-7-11(24-4)8-6-10;1-3-24-13(22)8-12-14(17)20-16(18)21-15(12)19-9-10-4-6-11(23-2)7-5-10;1-16(2)9-21(8-10-4-6-11(22-3)7-5-10)14-12(16)13(17)19-15(18)20-14;1-2-15-5(14)3-4-6(9)12-8(11)13-7(4)10;1-10-8-4-2-7(6-9)3-5-8;1-2/h5-8H,9H2,1-4H3;4-7H,3,8-9H2,1-2H3,(H,19,20,21);4-7H,8-9H2,1-3H3;2-3H2,1H3;2-5H,6,9H2,1H3;1-2H3/q+1;;;;;. The summed E-state index contributed by atoms with van der Waals surface area (Å²) in [6.07, 6.45) is -0.0997. The number of nitrogens with one attached hydrogen (secondary N) is 1. The van der Waals surface area contributed by atoms with Crippen LogP contribution >= 0.6 is 104 Å². The summed E-state index contributed by atoms with van der Waals surface area (Å²) in [5, 5.41) is 4.23. The van der Waals surface area contributed by atoms with Gasteiger partial charge in [0.2, 0.25) is 27.0 Å². The van der Waals surface area contributed by atoms with Crippen molar-refractivity contribution in [2.45, 2.75) is 105 Å². The Labute approximate surface area is 610 Å². The number of methoxy groups -OCH3 is 4. The Kier molecular flexibility index (Phi) is 31.6. The minimum Gasteiger partial charge on any atom is -0.497 e. The molecule has 0 spiro atoms. The number of carbonyl (C=O) groups excluding carboxylic acids is 3. The fourth-order valence-electron chi connectivity index (χ4n) is 9.97. The number of nitrogens with zero attached hydrogens (tertiary/aromatic N) is 10. The lowest BCUT2D eigenvalue weighted by atomic mass is 9.88. The van der Waals surface area contributed by atoms with Crippen LogP contribution < -0.4 is 39.4 Å². The summed E-state index contributed by atoms with van der Waals surface area (Å²) in [7, 11) is 8.37. The number of nitrogens with two attached hydrogens (primary N) is 1. The van der Waals surface area contributed by atoms with Gasteiger partial charge in [-0.1, -0.05) is 122 Å². The Morgan fingerprint density at radius 1 is 0.526 bits per heavy atom. The van der Waals surface area contributed by atoms with E-state index in [0.717, 1.165) is 64.2 Å². The van der Waals surface area contributed by atoms with Crippen LogP contribution in [0.2, 0.25) is 46.9 Å². The van der Waals surface area contributed by atoms with Gasteiger partial charge in [0, 0.05) is 53.8 Å². The molecular weight excluding hydrogens is 1440 g/mol. The molecule has 21 nitrogen and oxygen atoms in total. The van der Waals surface area contributed by atoms with Gasteiger partial charge in [0.15, 0.2) is 0 Å². The SMILES string of the molecule is CC.CCOC(=O)Cc1c(Cl)nc(Cl)nc1Cl.CCOC(=O)Cc1c(Cl)nc(Cl)nc1NCc1ccc(OC)cc1.COc1ccc(CN)cc1.COc1ccc(CN2CC(C)(C)c3c(Cl)nc(Cl)nc32)cc1.COc1ccc(C[N+]2(C)C(=O)C(C)(C)c3c(Cl)nc(Cl)nc32)cc1. The van der Waals surface area contributed by atoms with Crippen LogP contribution in [0.4, 0.5) is 17.5 Å². The number of benzene rings is 4. The van der Waals surface area contributed by atoms with Gasteiger partial charge in [-0.05, 0) is 151 Å². The third-order valence-electron chi connectivity index (χ3n) is 14.5. The number of fused-ring (bicyclic) bond motifs is 2. The molecule has 4 aromatic heterocycles. The molecule has 1 unspecified atom stereocenters. The van der Waals surface area contributed by atoms with Crippen molar-refractivity contribution in [1.82, 2.24) is 44.4 Å². The number of amides is 1. The lowest BCUT2D eigenvalue weighted by Gasteiger charge is -2.27. The molecule has 4 aromatic carbocycles.